The highest BCUT2D eigenvalue weighted by Gasteiger charge is 2.27. The molecule has 0 unspecified atom stereocenters. The number of fused-ring (bicyclic) bond motifs is 12. The molecule has 0 spiro atoms. The van der Waals surface area contributed by atoms with E-state index in [0.717, 1.165) is 101 Å². The van der Waals surface area contributed by atoms with Crippen molar-refractivity contribution in [2.75, 3.05) is 9.80 Å². The SMILES string of the molecule is c1ccc(-c2cc(-c3ccccc3)cc(-c3ccc(N(c4cc(-n5c6ccccc6c6ccccc65)cc(-n5c6ccccc6c6ccccc65)c4)c4ccccc4-c4ccccc4)cc3)c2)cc1.c1ccc(-c2ccc(N(c3ccc(-c4cc(-c5ccccc5)cc(-c5ccccc5)c4)cc3)c3cc(-n4c5ccccc5c5ccccc54)cc(-n4c5ccccc5c5ccccc54)c3)cc2)cc1. The van der Waals surface area contributed by atoms with Gasteiger partial charge in [-0.15, -0.1) is 0 Å². The van der Waals surface area contributed by atoms with Crippen LogP contribution in [-0.4, -0.2) is 18.3 Å². The Morgan fingerprint density at radius 3 is 0.551 bits per heavy atom. The third kappa shape index (κ3) is 15.0. The zero-order chi connectivity index (χ0) is 91.4. The molecule has 4 heterocycles. The quantitative estimate of drug-likeness (QED) is 0.0856. The third-order valence-corrected chi connectivity index (χ3v) is 27.3. The van der Waals surface area contributed by atoms with E-state index in [9.17, 15) is 0 Å². The number of para-hydroxylation sites is 9. The van der Waals surface area contributed by atoms with E-state index in [1.807, 2.05) is 0 Å². The van der Waals surface area contributed by atoms with Crippen LogP contribution in [0.3, 0.4) is 0 Å². The summed E-state index contributed by atoms with van der Waals surface area (Å²) in [5.41, 5.74) is 38.8. The van der Waals surface area contributed by atoms with Gasteiger partial charge in [-0.05, 0) is 247 Å². The maximum Gasteiger partial charge on any atom is 0.0541 e. The summed E-state index contributed by atoms with van der Waals surface area (Å²) in [5.74, 6) is 0. The Bertz CT molecular complexity index is 8440. The Hall–Kier alpha value is -18.4. The van der Waals surface area contributed by atoms with Gasteiger partial charge in [0.1, 0.15) is 0 Å². The molecule has 0 aliphatic rings. The van der Waals surface area contributed by atoms with Crippen LogP contribution in [0.25, 0.3) is 199 Å². The Morgan fingerprint density at radius 1 is 0.116 bits per heavy atom. The predicted octanol–water partition coefficient (Wildman–Crippen LogP) is 36.0. The predicted molar refractivity (Wildman–Crippen MR) is 583 cm³/mol. The van der Waals surface area contributed by atoms with Gasteiger partial charge in [-0.3, -0.25) is 0 Å². The molecule has 0 saturated heterocycles. The minimum Gasteiger partial charge on any atom is -0.310 e. The molecule has 138 heavy (non-hydrogen) atoms. The first-order valence-corrected chi connectivity index (χ1v) is 47.3. The van der Waals surface area contributed by atoms with Gasteiger partial charge in [-0.25, -0.2) is 0 Å². The van der Waals surface area contributed by atoms with Gasteiger partial charge < -0.3 is 28.1 Å². The smallest absolute Gasteiger partial charge is 0.0541 e. The van der Waals surface area contributed by atoms with Crippen molar-refractivity contribution in [3.8, 4) is 112 Å². The Balaban J connectivity index is 0.000000146. The van der Waals surface area contributed by atoms with Crippen LogP contribution >= 0.6 is 0 Å². The lowest BCUT2D eigenvalue weighted by Gasteiger charge is -2.29. The molecule has 22 aromatic carbocycles. The van der Waals surface area contributed by atoms with Crippen LogP contribution in [-0.2, 0) is 0 Å². The maximum atomic E-state index is 2.46. The summed E-state index contributed by atoms with van der Waals surface area (Å²) in [7, 11) is 0. The van der Waals surface area contributed by atoms with Crippen LogP contribution in [0.1, 0.15) is 0 Å². The molecule has 0 aliphatic heterocycles. The van der Waals surface area contributed by atoms with Crippen molar-refractivity contribution in [2.45, 2.75) is 0 Å². The molecule has 0 saturated carbocycles. The Labute approximate surface area is 801 Å². The summed E-state index contributed by atoms with van der Waals surface area (Å²) in [6.45, 7) is 0. The molecule has 0 atom stereocenters. The van der Waals surface area contributed by atoms with Gasteiger partial charge in [0, 0.05) is 65.7 Å². The topological polar surface area (TPSA) is 26.2 Å². The van der Waals surface area contributed by atoms with Gasteiger partial charge in [-0.2, -0.15) is 0 Å². The van der Waals surface area contributed by atoms with Crippen molar-refractivity contribution >= 4 is 121 Å². The highest BCUT2D eigenvalue weighted by molar-refractivity contribution is 6.14. The minimum atomic E-state index is 1.04. The number of benzene rings is 22. The summed E-state index contributed by atoms with van der Waals surface area (Å²) in [4.78, 5) is 4.87. The first-order valence-electron chi connectivity index (χ1n) is 47.3. The van der Waals surface area contributed by atoms with Crippen LogP contribution in [0, 0.1) is 0 Å². The molecule has 26 rings (SSSR count). The first-order chi connectivity index (χ1) is 68.4. The molecule has 0 amide bonds. The van der Waals surface area contributed by atoms with Crippen LogP contribution in [0.2, 0.25) is 0 Å². The monoisotopic (exact) mass is 1760 g/mol. The van der Waals surface area contributed by atoms with Gasteiger partial charge in [0.2, 0.25) is 0 Å². The van der Waals surface area contributed by atoms with E-state index in [1.165, 1.54) is 132 Å². The molecule has 0 aliphatic carbocycles. The summed E-state index contributed by atoms with van der Waals surface area (Å²) in [6.07, 6.45) is 0. The van der Waals surface area contributed by atoms with Gasteiger partial charge >= 0.3 is 0 Å². The fourth-order valence-corrected chi connectivity index (χ4v) is 21.0. The Kier molecular flexibility index (Phi) is 20.9. The largest absolute Gasteiger partial charge is 0.310 e. The average molecular weight is 1760 g/mol. The van der Waals surface area contributed by atoms with Gasteiger partial charge in [-0.1, -0.05) is 382 Å². The van der Waals surface area contributed by atoms with Gasteiger partial charge in [0.25, 0.3) is 0 Å². The van der Waals surface area contributed by atoms with E-state index in [4.69, 9.17) is 0 Å². The first kappa shape index (κ1) is 81.6. The van der Waals surface area contributed by atoms with Crippen molar-refractivity contribution in [2.24, 2.45) is 0 Å². The van der Waals surface area contributed by atoms with Crippen LogP contribution in [0.4, 0.5) is 34.1 Å². The van der Waals surface area contributed by atoms with Crippen molar-refractivity contribution in [1.82, 2.24) is 18.3 Å². The zero-order valence-electron chi connectivity index (χ0n) is 75.6. The standard InChI is InChI=1S/2C66H45N3/c1-4-20-46(21-5-1)50-40-51(47-22-6-2-7-23-47)42-52(41-50)48-36-38-53(39-37-48)67(62-31-15-10-26-57(62)49-24-8-3-9-25-49)54-43-55(68-63-32-16-11-27-58(63)59-28-12-17-33-64(59)68)45-56(44-54)69-65-34-18-13-29-60(65)61-30-14-19-35-66(61)69;1-4-18-46(19-5-1)49-32-36-54(37-33-49)67(55-38-34-50(35-39-55)53-41-51(47-20-6-2-7-21-47)40-52(42-53)48-22-8-3-9-23-48)56-43-57(68-63-28-14-10-24-59(63)60-25-11-15-29-64(60)68)45-58(44-56)69-65-30-16-12-26-61(65)62-27-13-17-31-66(62)69/h2*1-45H. The van der Waals surface area contributed by atoms with E-state index in [2.05, 4.69) is 574 Å². The lowest BCUT2D eigenvalue weighted by molar-refractivity contribution is 1.12. The molecule has 0 fully saturated rings. The molecule has 0 N–H and O–H groups in total. The molecular formula is C132H90N6. The van der Waals surface area contributed by atoms with Crippen LogP contribution < -0.4 is 9.80 Å². The molecule has 6 heteroatoms. The molecule has 0 bridgehead atoms. The van der Waals surface area contributed by atoms with Crippen LogP contribution in [0.15, 0.2) is 546 Å². The summed E-state index contributed by atoms with van der Waals surface area (Å²) in [5, 5.41) is 9.83. The van der Waals surface area contributed by atoms with E-state index < -0.39 is 0 Å². The molecule has 4 aromatic heterocycles. The molecule has 648 valence electrons. The van der Waals surface area contributed by atoms with E-state index in [-0.39, 0.29) is 0 Å². The molecular weight excluding hydrogens is 1670 g/mol. The number of hydrogen-bond donors (Lipinski definition) is 0. The second-order valence-corrected chi connectivity index (χ2v) is 35.5. The van der Waals surface area contributed by atoms with Gasteiger partial charge in [0.05, 0.1) is 83.9 Å². The number of rotatable bonds is 18. The highest BCUT2D eigenvalue weighted by Crippen LogP contribution is 2.49. The molecule has 6 nitrogen and oxygen atoms in total. The second-order valence-electron chi connectivity index (χ2n) is 35.5. The number of hydrogen-bond acceptors (Lipinski definition) is 2. The fraction of sp³-hybridized carbons (Fsp3) is 0. The second kappa shape index (κ2) is 35.3. The zero-order valence-corrected chi connectivity index (χ0v) is 75.6. The van der Waals surface area contributed by atoms with Gasteiger partial charge in [0.15, 0.2) is 0 Å². The third-order valence-electron chi connectivity index (χ3n) is 27.3. The normalized spacial score (nSPS) is 11.5. The van der Waals surface area contributed by atoms with Crippen molar-refractivity contribution in [1.29, 1.82) is 0 Å². The van der Waals surface area contributed by atoms with Crippen molar-refractivity contribution < 1.29 is 0 Å². The summed E-state index contributed by atoms with van der Waals surface area (Å²) < 4.78 is 9.77. The maximum absolute atomic E-state index is 2.46. The number of aromatic nitrogens is 4. The lowest BCUT2D eigenvalue weighted by Crippen LogP contribution is -2.13. The Morgan fingerprint density at radius 2 is 0.297 bits per heavy atom. The average Bonchev–Trinajstić information content (AvgIpc) is 1.57. The fourth-order valence-electron chi connectivity index (χ4n) is 21.0. The van der Waals surface area contributed by atoms with Crippen LogP contribution in [0.5, 0.6) is 0 Å². The lowest BCUT2D eigenvalue weighted by atomic mass is 9.93. The molecule has 0 radical (unpaired) electrons. The summed E-state index contributed by atoms with van der Waals surface area (Å²) in [6, 6.07) is 199. The van der Waals surface area contributed by atoms with E-state index in [0.29, 0.717) is 0 Å². The van der Waals surface area contributed by atoms with E-state index >= 15 is 0 Å². The van der Waals surface area contributed by atoms with Crippen molar-refractivity contribution in [3.63, 3.8) is 0 Å². The number of nitrogens with zero attached hydrogens (tertiary/aromatic N) is 6. The number of anilines is 6. The van der Waals surface area contributed by atoms with Crippen molar-refractivity contribution in [3.05, 3.63) is 546 Å². The molecule has 26 aromatic rings. The highest BCUT2D eigenvalue weighted by atomic mass is 15.2. The summed E-state index contributed by atoms with van der Waals surface area (Å²) >= 11 is 0. The minimum absolute atomic E-state index is 1.04. The van der Waals surface area contributed by atoms with E-state index in [1.54, 1.807) is 0 Å².